The summed E-state index contributed by atoms with van der Waals surface area (Å²) < 4.78 is 0. The van der Waals surface area contributed by atoms with Crippen molar-refractivity contribution in [2.45, 2.75) is 40.2 Å². The standard InChI is InChI=1S/C16H32N4O2/c1-13(16(3,4)12-18(5)6)17-15(22)20-9-7-8-19(10-11-20)14(2)21/h13H,7-12H2,1-6H3,(H,17,22)/t13-/m1/s1. The Morgan fingerprint density at radius 3 is 2.23 bits per heavy atom. The van der Waals surface area contributed by atoms with E-state index >= 15 is 0 Å². The second-order valence-corrected chi connectivity index (χ2v) is 7.24. The topological polar surface area (TPSA) is 55.9 Å². The van der Waals surface area contributed by atoms with E-state index in [0.29, 0.717) is 19.6 Å². The molecule has 0 aromatic carbocycles. The van der Waals surface area contributed by atoms with Gasteiger partial charge in [-0.25, -0.2) is 4.79 Å². The molecule has 1 rings (SSSR count). The number of carbonyl (C=O) groups is 2. The van der Waals surface area contributed by atoms with Crippen molar-refractivity contribution in [3.05, 3.63) is 0 Å². The van der Waals surface area contributed by atoms with Gasteiger partial charge < -0.3 is 20.0 Å². The maximum Gasteiger partial charge on any atom is 0.317 e. The first-order chi connectivity index (χ1) is 10.1. The molecule has 0 aliphatic carbocycles. The van der Waals surface area contributed by atoms with E-state index in [0.717, 1.165) is 19.5 Å². The summed E-state index contributed by atoms with van der Waals surface area (Å²) in [7, 11) is 4.09. The van der Waals surface area contributed by atoms with Crippen molar-refractivity contribution >= 4 is 11.9 Å². The van der Waals surface area contributed by atoms with Crippen molar-refractivity contribution < 1.29 is 9.59 Å². The lowest BCUT2D eigenvalue weighted by atomic mass is 9.85. The summed E-state index contributed by atoms with van der Waals surface area (Å²) in [5.41, 5.74) is -0.00354. The first-order valence-electron chi connectivity index (χ1n) is 8.09. The Balaban J connectivity index is 2.56. The number of hydrogen-bond acceptors (Lipinski definition) is 3. The highest BCUT2D eigenvalue weighted by molar-refractivity contribution is 5.75. The molecule has 1 saturated heterocycles. The summed E-state index contributed by atoms with van der Waals surface area (Å²) in [5, 5.41) is 3.12. The zero-order chi connectivity index (χ0) is 16.9. The van der Waals surface area contributed by atoms with Crippen LogP contribution in [0.4, 0.5) is 4.79 Å². The van der Waals surface area contributed by atoms with Gasteiger partial charge in [0.05, 0.1) is 0 Å². The third-order valence-electron chi connectivity index (χ3n) is 4.46. The lowest BCUT2D eigenvalue weighted by Crippen LogP contribution is -2.52. The summed E-state index contributed by atoms with van der Waals surface area (Å²) in [5.74, 6) is 0.0859. The zero-order valence-electron chi connectivity index (χ0n) is 15.0. The summed E-state index contributed by atoms with van der Waals surface area (Å²) in [6.45, 7) is 11.5. The minimum Gasteiger partial charge on any atom is -0.341 e. The molecule has 1 aliphatic heterocycles. The Morgan fingerprint density at radius 1 is 1.14 bits per heavy atom. The van der Waals surface area contributed by atoms with Crippen LogP contribution in [0.25, 0.3) is 0 Å². The van der Waals surface area contributed by atoms with Crippen LogP contribution >= 0.6 is 0 Å². The quantitative estimate of drug-likeness (QED) is 0.849. The van der Waals surface area contributed by atoms with Gasteiger partial charge in [0, 0.05) is 45.7 Å². The molecule has 22 heavy (non-hydrogen) atoms. The largest absolute Gasteiger partial charge is 0.341 e. The fraction of sp³-hybridized carbons (Fsp3) is 0.875. The van der Waals surface area contributed by atoms with Gasteiger partial charge in [0.15, 0.2) is 0 Å². The Labute approximate surface area is 134 Å². The Kier molecular flexibility index (Phi) is 6.66. The van der Waals surface area contributed by atoms with Crippen molar-refractivity contribution in [2.75, 3.05) is 46.8 Å². The summed E-state index contributed by atoms with van der Waals surface area (Å²) >= 11 is 0. The van der Waals surface area contributed by atoms with Crippen LogP contribution in [-0.2, 0) is 4.79 Å². The SMILES string of the molecule is CC(=O)N1CCCN(C(=O)N[C@H](C)C(C)(C)CN(C)C)CC1. The lowest BCUT2D eigenvalue weighted by Gasteiger charge is -2.36. The number of nitrogens with zero attached hydrogens (tertiary/aromatic N) is 3. The van der Waals surface area contributed by atoms with Crippen molar-refractivity contribution in [1.82, 2.24) is 20.0 Å². The van der Waals surface area contributed by atoms with Crippen LogP contribution in [0.15, 0.2) is 0 Å². The van der Waals surface area contributed by atoms with Gasteiger partial charge in [-0.3, -0.25) is 4.79 Å². The van der Waals surface area contributed by atoms with E-state index in [4.69, 9.17) is 0 Å². The molecule has 3 amide bonds. The Hall–Kier alpha value is -1.30. The van der Waals surface area contributed by atoms with Crippen LogP contribution in [0.3, 0.4) is 0 Å². The highest BCUT2D eigenvalue weighted by Gasteiger charge is 2.29. The number of hydrogen-bond donors (Lipinski definition) is 1. The molecule has 6 nitrogen and oxygen atoms in total. The lowest BCUT2D eigenvalue weighted by molar-refractivity contribution is -0.128. The van der Waals surface area contributed by atoms with E-state index in [1.165, 1.54) is 0 Å². The Bertz CT molecular complexity index is 396. The number of carbonyl (C=O) groups excluding carboxylic acids is 2. The van der Waals surface area contributed by atoms with Gasteiger partial charge in [-0.15, -0.1) is 0 Å². The summed E-state index contributed by atoms with van der Waals surface area (Å²) in [6.07, 6.45) is 0.836. The third kappa shape index (κ3) is 5.48. The molecule has 1 fully saturated rings. The van der Waals surface area contributed by atoms with Crippen LogP contribution < -0.4 is 5.32 Å². The predicted octanol–water partition coefficient (Wildman–Crippen LogP) is 1.23. The van der Waals surface area contributed by atoms with Crippen LogP contribution in [0.2, 0.25) is 0 Å². The minimum absolute atomic E-state index is 0.00354. The monoisotopic (exact) mass is 312 g/mol. The van der Waals surface area contributed by atoms with Crippen molar-refractivity contribution in [1.29, 1.82) is 0 Å². The molecule has 1 atom stereocenters. The fourth-order valence-electron chi connectivity index (χ4n) is 2.86. The van der Waals surface area contributed by atoms with Gasteiger partial charge >= 0.3 is 6.03 Å². The first-order valence-corrected chi connectivity index (χ1v) is 8.09. The van der Waals surface area contributed by atoms with Gasteiger partial charge in [-0.05, 0) is 32.9 Å². The predicted molar refractivity (Wildman–Crippen MR) is 88.8 cm³/mol. The number of urea groups is 1. The molecule has 0 radical (unpaired) electrons. The molecule has 0 aromatic rings. The minimum atomic E-state index is -0.0234. The van der Waals surface area contributed by atoms with Gasteiger partial charge in [-0.2, -0.15) is 0 Å². The maximum atomic E-state index is 12.5. The molecule has 0 aromatic heterocycles. The van der Waals surface area contributed by atoms with E-state index in [2.05, 4.69) is 31.0 Å². The van der Waals surface area contributed by atoms with E-state index in [1.54, 1.807) is 6.92 Å². The molecule has 0 saturated carbocycles. The molecular formula is C16H32N4O2. The number of rotatable bonds is 4. The van der Waals surface area contributed by atoms with Crippen LogP contribution in [-0.4, -0.2) is 79.5 Å². The first kappa shape index (κ1) is 18.7. The maximum absolute atomic E-state index is 12.5. The molecule has 1 aliphatic rings. The highest BCUT2D eigenvalue weighted by Crippen LogP contribution is 2.21. The van der Waals surface area contributed by atoms with Gasteiger partial charge in [0.25, 0.3) is 0 Å². The zero-order valence-corrected chi connectivity index (χ0v) is 15.0. The Morgan fingerprint density at radius 2 is 1.68 bits per heavy atom. The molecule has 128 valence electrons. The van der Waals surface area contributed by atoms with E-state index in [-0.39, 0.29) is 23.4 Å². The molecule has 6 heteroatoms. The van der Waals surface area contributed by atoms with Crippen LogP contribution in [0.1, 0.15) is 34.1 Å². The van der Waals surface area contributed by atoms with E-state index in [1.807, 2.05) is 23.9 Å². The summed E-state index contributed by atoms with van der Waals surface area (Å²) in [6, 6.07) is 0.0549. The van der Waals surface area contributed by atoms with Crippen LogP contribution in [0.5, 0.6) is 0 Å². The average molecular weight is 312 g/mol. The second kappa shape index (κ2) is 7.81. The van der Waals surface area contributed by atoms with Crippen molar-refractivity contribution in [2.24, 2.45) is 5.41 Å². The molecule has 0 spiro atoms. The molecular weight excluding hydrogens is 280 g/mol. The average Bonchev–Trinajstić information content (AvgIpc) is 2.62. The molecule has 1 N–H and O–H groups in total. The number of amides is 3. The molecule has 1 heterocycles. The molecule has 0 bridgehead atoms. The van der Waals surface area contributed by atoms with Crippen LogP contribution in [0, 0.1) is 5.41 Å². The third-order valence-corrected chi connectivity index (χ3v) is 4.46. The normalized spacial score (nSPS) is 18.1. The summed E-state index contributed by atoms with van der Waals surface area (Å²) in [4.78, 5) is 29.7. The fourth-order valence-corrected chi connectivity index (χ4v) is 2.86. The van der Waals surface area contributed by atoms with Gasteiger partial charge in [0.1, 0.15) is 0 Å². The second-order valence-electron chi connectivity index (χ2n) is 7.24. The molecule has 0 unspecified atom stereocenters. The van der Waals surface area contributed by atoms with E-state index < -0.39 is 0 Å². The smallest absolute Gasteiger partial charge is 0.317 e. The van der Waals surface area contributed by atoms with Crippen molar-refractivity contribution in [3.63, 3.8) is 0 Å². The van der Waals surface area contributed by atoms with Gasteiger partial charge in [0.2, 0.25) is 5.91 Å². The number of nitrogens with one attached hydrogen (secondary N) is 1. The highest BCUT2D eigenvalue weighted by atomic mass is 16.2. The van der Waals surface area contributed by atoms with Crippen molar-refractivity contribution in [3.8, 4) is 0 Å². The van der Waals surface area contributed by atoms with E-state index in [9.17, 15) is 9.59 Å². The van der Waals surface area contributed by atoms with Gasteiger partial charge in [-0.1, -0.05) is 13.8 Å².